The van der Waals surface area contributed by atoms with Crippen LogP contribution in [0.3, 0.4) is 0 Å². The lowest BCUT2D eigenvalue weighted by molar-refractivity contribution is 0.104. The van der Waals surface area contributed by atoms with Crippen LogP contribution < -0.4 is 5.32 Å². The summed E-state index contributed by atoms with van der Waals surface area (Å²) in [5.41, 5.74) is 0. The van der Waals surface area contributed by atoms with Crippen molar-refractivity contribution in [3.8, 4) is 0 Å². The minimum atomic E-state index is 0.508. The average Bonchev–Trinajstić information content (AvgIpc) is 2.28. The van der Waals surface area contributed by atoms with Gasteiger partial charge >= 0.3 is 0 Å². The summed E-state index contributed by atoms with van der Waals surface area (Å²) < 4.78 is 5.28. The SMILES string of the molecule is CCCCCN(C)C(CNCCC)COC. The zero-order valence-electron chi connectivity index (χ0n) is 11.6. The monoisotopic (exact) mass is 230 g/mol. The molecular weight excluding hydrogens is 200 g/mol. The molecule has 0 saturated carbocycles. The lowest BCUT2D eigenvalue weighted by atomic mass is 10.2. The first-order valence-corrected chi connectivity index (χ1v) is 6.66. The molecule has 0 aromatic rings. The molecule has 16 heavy (non-hydrogen) atoms. The lowest BCUT2D eigenvalue weighted by Crippen LogP contribution is -2.43. The fourth-order valence-electron chi connectivity index (χ4n) is 1.77. The van der Waals surface area contributed by atoms with E-state index in [1.54, 1.807) is 7.11 Å². The first-order valence-electron chi connectivity index (χ1n) is 6.66. The average molecular weight is 230 g/mol. The molecule has 1 unspecified atom stereocenters. The number of ether oxygens (including phenoxy) is 1. The number of rotatable bonds is 11. The Hall–Kier alpha value is -0.120. The van der Waals surface area contributed by atoms with Crippen LogP contribution in [0.4, 0.5) is 0 Å². The fourth-order valence-corrected chi connectivity index (χ4v) is 1.77. The second-order valence-corrected chi connectivity index (χ2v) is 4.50. The van der Waals surface area contributed by atoms with E-state index in [9.17, 15) is 0 Å². The van der Waals surface area contributed by atoms with Gasteiger partial charge in [0.15, 0.2) is 0 Å². The molecular formula is C13H30N2O. The molecule has 3 nitrogen and oxygen atoms in total. The molecule has 0 amide bonds. The van der Waals surface area contributed by atoms with Crippen LogP contribution in [0, 0.1) is 0 Å². The van der Waals surface area contributed by atoms with Gasteiger partial charge in [-0.3, -0.25) is 4.90 Å². The van der Waals surface area contributed by atoms with E-state index < -0.39 is 0 Å². The quantitative estimate of drug-likeness (QED) is 0.550. The number of hydrogen-bond donors (Lipinski definition) is 1. The molecule has 0 aliphatic carbocycles. The van der Waals surface area contributed by atoms with Crippen molar-refractivity contribution < 1.29 is 4.74 Å². The molecule has 0 saturated heterocycles. The van der Waals surface area contributed by atoms with E-state index in [1.165, 1.54) is 32.2 Å². The van der Waals surface area contributed by atoms with Gasteiger partial charge in [0.25, 0.3) is 0 Å². The van der Waals surface area contributed by atoms with Gasteiger partial charge in [-0.25, -0.2) is 0 Å². The van der Waals surface area contributed by atoms with Crippen LogP contribution in [-0.4, -0.2) is 51.3 Å². The number of nitrogens with zero attached hydrogens (tertiary/aromatic N) is 1. The Balaban J connectivity index is 3.77. The van der Waals surface area contributed by atoms with Crippen LogP contribution in [0.1, 0.15) is 39.5 Å². The van der Waals surface area contributed by atoms with Gasteiger partial charge in [0.2, 0.25) is 0 Å². The number of likely N-dealkylation sites (N-methyl/N-ethyl adjacent to an activating group) is 1. The molecule has 1 atom stereocenters. The van der Waals surface area contributed by atoms with Crippen molar-refractivity contribution in [2.24, 2.45) is 0 Å². The standard InChI is InChI=1S/C13H30N2O/c1-5-7-8-10-15(3)13(12-16-4)11-14-9-6-2/h13-14H,5-12H2,1-4H3. The Morgan fingerprint density at radius 3 is 2.50 bits per heavy atom. The summed E-state index contributed by atoms with van der Waals surface area (Å²) >= 11 is 0. The molecule has 0 aromatic heterocycles. The Labute approximate surface area is 102 Å². The van der Waals surface area contributed by atoms with Gasteiger partial charge in [-0.15, -0.1) is 0 Å². The first kappa shape index (κ1) is 15.9. The smallest absolute Gasteiger partial charge is 0.0630 e. The van der Waals surface area contributed by atoms with E-state index in [2.05, 4.69) is 31.1 Å². The third kappa shape index (κ3) is 8.08. The summed E-state index contributed by atoms with van der Waals surface area (Å²) in [5.74, 6) is 0. The summed E-state index contributed by atoms with van der Waals surface area (Å²) in [6.45, 7) is 8.57. The normalized spacial score (nSPS) is 13.3. The number of unbranched alkanes of at least 4 members (excludes halogenated alkanes) is 2. The molecule has 0 spiro atoms. The molecule has 1 N–H and O–H groups in total. The number of nitrogens with one attached hydrogen (secondary N) is 1. The Morgan fingerprint density at radius 1 is 1.19 bits per heavy atom. The summed E-state index contributed by atoms with van der Waals surface area (Å²) in [7, 11) is 3.99. The van der Waals surface area contributed by atoms with Crippen molar-refractivity contribution >= 4 is 0 Å². The van der Waals surface area contributed by atoms with E-state index in [0.717, 1.165) is 19.7 Å². The summed E-state index contributed by atoms with van der Waals surface area (Å²) in [4.78, 5) is 2.42. The molecule has 0 aliphatic rings. The summed E-state index contributed by atoms with van der Waals surface area (Å²) in [5, 5.41) is 3.47. The lowest BCUT2D eigenvalue weighted by Gasteiger charge is -2.27. The zero-order valence-corrected chi connectivity index (χ0v) is 11.6. The molecule has 0 fully saturated rings. The highest BCUT2D eigenvalue weighted by molar-refractivity contribution is 4.71. The van der Waals surface area contributed by atoms with Gasteiger partial charge in [0.1, 0.15) is 0 Å². The van der Waals surface area contributed by atoms with E-state index in [0.29, 0.717) is 6.04 Å². The maximum absolute atomic E-state index is 5.28. The molecule has 0 radical (unpaired) electrons. The maximum atomic E-state index is 5.28. The largest absolute Gasteiger partial charge is 0.383 e. The molecule has 0 bridgehead atoms. The van der Waals surface area contributed by atoms with Gasteiger partial charge in [-0.05, 0) is 33.0 Å². The third-order valence-electron chi connectivity index (χ3n) is 2.90. The predicted octanol–water partition coefficient (Wildman–Crippen LogP) is 2.12. The molecule has 0 heterocycles. The molecule has 98 valence electrons. The van der Waals surface area contributed by atoms with Crippen molar-refractivity contribution in [3.63, 3.8) is 0 Å². The van der Waals surface area contributed by atoms with Gasteiger partial charge < -0.3 is 10.1 Å². The molecule has 0 rings (SSSR count). The van der Waals surface area contributed by atoms with Crippen LogP contribution in [0.25, 0.3) is 0 Å². The highest BCUT2D eigenvalue weighted by atomic mass is 16.5. The topological polar surface area (TPSA) is 24.5 Å². The van der Waals surface area contributed by atoms with Crippen molar-refractivity contribution in [2.75, 3.05) is 40.4 Å². The Morgan fingerprint density at radius 2 is 1.94 bits per heavy atom. The zero-order chi connectivity index (χ0) is 12.2. The maximum Gasteiger partial charge on any atom is 0.0630 e. The highest BCUT2D eigenvalue weighted by Crippen LogP contribution is 2.01. The van der Waals surface area contributed by atoms with Crippen LogP contribution in [0.5, 0.6) is 0 Å². The van der Waals surface area contributed by atoms with Gasteiger partial charge in [-0.2, -0.15) is 0 Å². The summed E-state index contributed by atoms with van der Waals surface area (Å²) in [6.07, 6.45) is 5.10. The van der Waals surface area contributed by atoms with Crippen LogP contribution in [-0.2, 0) is 4.74 Å². The van der Waals surface area contributed by atoms with Gasteiger partial charge in [0, 0.05) is 19.7 Å². The second-order valence-electron chi connectivity index (χ2n) is 4.50. The minimum absolute atomic E-state index is 0.508. The third-order valence-corrected chi connectivity index (χ3v) is 2.90. The summed E-state index contributed by atoms with van der Waals surface area (Å²) in [6, 6.07) is 0.508. The molecule has 3 heteroatoms. The first-order chi connectivity index (χ1) is 7.76. The second kappa shape index (κ2) is 11.4. The van der Waals surface area contributed by atoms with Crippen molar-refractivity contribution in [2.45, 2.75) is 45.6 Å². The van der Waals surface area contributed by atoms with E-state index in [1.807, 2.05) is 0 Å². The van der Waals surface area contributed by atoms with Crippen LogP contribution in [0.2, 0.25) is 0 Å². The predicted molar refractivity (Wildman–Crippen MR) is 71.0 cm³/mol. The van der Waals surface area contributed by atoms with Crippen LogP contribution in [0.15, 0.2) is 0 Å². The van der Waals surface area contributed by atoms with Crippen molar-refractivity contribution in [3.05, 3.63) is 0 Å². The molecule has 0 aliphatic heterocycles. The number of methoxy groups -OCH3 is 1. The minimum Gasteiger partial charge on any atom is -0.383 e. The van der Waals surface area contributed by atoms with Gasteiger partial charge in [-0.1, -0.05) is 26.7 Å². The molecule has 0 aromatic carbocycles. The van der Waals surface area contributed by atoms with Crippen LogP contribution >= 0.6 is 0 Å². The van der Waals surface area contributed by atoms with Gasteiger partial charge in [0.05, 0.1) is 6.61 Å². The van der Waals surface area contributed by atoms with Crippen molar-refractivity contribution in [1.82, 2.24) is 10.2 Å². The van der Waals surface area contributed by atoms with Crippen molar-refractivity contribution in [1.29, 1.82) is 0 Å². The van der Waals surface area contributed by atoms with E-state index in [-0.39, 0.29) is 0 Å². The van der Waals surface area contributed by atoms with E-state index >= 15 is 0 Å². The fraction of sp³-hybridized carbons (Fsp3) is 1.00. The number of hydrogen-bond acceptors (Lipinski definition) is 3. The highest BCUT2D eigenvalue weighted by Gasteiger charge is 2.13. The van der Waals surface area contributed by atoms with E-state index in [4.69, 9.17) is 4.74 Å². The Kier molecular flexibility index (Phi) is 11.3. The Bertz CT molecular complexity index is 142.